The average molecular weight is 633 g/mol. The van der Waals surface area contributed by atoms with Crippen LogP contribution < -0.4 is 16.6 Å². The highest BCUT2D eigenvalue weighted by molar-refractivity contribution is 9.08. The number of carbonyl (C=O) groups excluding carboxylic acids is 2. The van der Waals surface area contributed by atoms with Crippen molar-refractivity contribution in [2.45, 2.75) is 58.3 Å². The minimum absolute atomic E-state index is 0.0113. The molecule has 0 unspecified atom stereocenters. The molecular formula is C31H34BrN7O3. The zero-order valence-electron chi connectivity index (χ0n) is 23.9. The van der Waals surface area contributed by atoms with Gasteiger partial charge in [0.2, 0.25) is 5.91 Å². The molecule has 2 aliphatic rings. The number of nitrogens with zero attached hydrogens (tertiary/aromatic N) is 5. The maximum atomic E-state index is 13.1. The first-order valence-corrected chi connectivity index (χ1v) is 15.1. The van der Waals surface area contributed by atoms with E-state index in [1.165, 1.54) is 9.92 Å². The van der Waals surface area contributed by atoms with Gasteiger partial charge in [-0.2, -0.15) is 5.10 Å². The van der Waals surface area contributed by atoms with Crippen molar-refractivity contribution in [1.29, 1.82) is 0 Å². The molecule has 0 atom stereocenters. The third-order valence-corrected chi connectivity index (χ3v) is 9.32. The highest BCUT2D eigenvalue weighted by Crippen LogP contribution is 2.42. The number of nitrogens with one attached hydrogen (secondary N) is 1. The lowest BCUT2D eigenvalue weighted by Gasteiger charge is -2.33. The molecule has 1 aromatic carbocycles. The van der Waals surface area contributed by atoms with E-state index in [1.807, 2.05) is 54.5 Å². The number of hydrogen-bond acceptors (Lipinski definition) is 6. The first kappa shape index (κ1) is 28.1. The first-order valence-electron chi connectivity index (χ1n) is 14.4. The number of likely N-dealkylation sites (tertiary alicyclic amines) is 1. The Balaban J connectivity index is 1.25. The van der Waals surface area contributed by atoms with Gasteiger partial charge in [-0.05, 0) is 73.9 Å². The summed E-state index contributed by atoms with van der Waals surface area (Å²) >= 11 is 3.32. The van der Waals surface area contributed by atoms with Crippen LogP contribution in [0.4, 0.5) is 11.5 Å². The SMILES string of the molecule is Cc1c(C2CC2)cc(C(=O)Nc2ccc(-c3cc(C4CCN(C(=O)C(C)C)CC4)n4ncnc(N)c34)cc2)c(=O)n1Br. The van der Waals surface area contributed by atoms with Crippen molar-refractivity contribution in [3.63, 3.8) is 0 Å². The predicted molar refractivity (Wildman–Crippen MR) is 166 cm³/mol. The van der Waals surface area contributed by atoms with Crippen LogP contribution in [0.15, 0.2) is 47.5 Å². The maximum Gasteiger partial charge on any atom is 0.273 e. The summed E-state index contributed by atoms with van der Waals surface area (Å²) in [7, 11) is 0. The molecule has 42 heavy (non-hydrogen) atoms. The fourth-order valence-corrected chi connectivity index (χ4v) is 6.35. The van der Waals surface area contributed by atoms with Gasteiger partial charge < -0.3 is 16.0 Å². The molecule has 11 heteroatoms. The smallest absolute Gasteiger partial charge is 0.273 e. The van der Waals surface area contributed by atoms with E-state index in [0.29, 0.717) is 30.5 Å². The van der Waals surface area contributed by atoms with E-state index in [-0.39, 0.29) is 28.9 Å². The third-order valence-electron chi connectivity index (χ3n) is 8.47. The Labute approximate surface area is 252 Å². The molecule has 6 rings (SSSR count). The highest BCUT2D eigenvalue weighted by atomic mass is 79.9. The summed E-state index contributed by atoms with van der Waals surface area (Å²) < 4.78 is 3.25. The lowest BCUT2D eigenvalue weighted by atomic mass is 9.92. The summed E-state index contributed by atoms with van der Waals surface area (Å²) in [6.45, 7) is 7.18. The van der Waals surface area contributed by atoms with Crippen LogP contribution in [0.25, 0.3) is 16.6 Å². The third kappa shape index (κ3) is 5.10. The monoisotopic (exact) mass is 631 g/mol. The number of halogens is 1. The van der Waals surface area contributed by atoms with Crippen LogP contribution in [0.3, 0.4) is 0 Å². The van der Waals surface area contributed by atoms with Crippen molar-refractivity contribution in [3.8, 4) is 11.1 Å². The number of rotatable bonds is 6. The van der Waals surface area contributed by atoms with Gasteiger partial charge >= 0.3 is 0 Å². The number of anilines is 2. The molecule has 1 aliphatic carbocycles. The summed E-state index contributed by atoms with van der Waals surface area (Å²) in [6.07, 6.45) is 5.29. The quantitative estimate of drug-likeness (QED) is 0.305. The maximum absolute atomic E-state index is 13.1. The molecule has 1 saturated carbocycles. The number of piperidine rings is 1. The minimum Gasteiger partial charge on any atom is -0.382 e. The molecule has 0 radical (unpaired) electrons. The van der Waals surface area contributed by atoms with E-state index in [4.69, 9.17) is 5.73 Å². The number of carbonyl (C=O) groups is 2. The fraction of sp³-hybridized carbons (Fsp3) is 0.387. The van der Waals surface area contributed by atoms with Gasteiger partial charge in [0.15, 0.2) is 5.82 Å². The zero-order valence-corrected chi connectivity index (χ0v) is 25.5. The lowest BCUT2D eigenvalue weighted by molar-refractivity contribution is -0.135. The molecule has 2 amide bonds. The fourth-order valence-electron chi connectivity index (χ4n) is 5.96. The van der Waals surface area contributed by atoms with E-state index >= 15 is 0 Å². The van der Waals surface area contributed by atoms with E-state index < -0.39 is 5.91 Å². The van der Waals surface area contributed by atoms with Crippen molar-refractivity contribution in [2.24, 2.45) is 5.92 Å². The Bertz CT molecular complexity index is 1750. The second-order valence-electron chi connectivity index (χ2n) is 11.6. The standard InChI is InChI=1S/C31H34BrN7O3/c1-17(2)30(41)37-12-10-21(11-13-37)26-15-24(27-28(33)34-16-35-39(26)27)20-6-8-22(9-7-20)36-29(40)25-14-23(19-4-5-19)18(3)38(32)31(25)42/h6-9,14-17,19,21H,4-5,10-13H2,1-3H3,(H,36,40)(H2,33,34,35). The van der Waals surface area contributed by atoms with Crippen molar-refractivity contribution in [2.75, 3.05) is 24.1 Å². The van der Waals surface area contributed by atoms with E-state index in [0.717, 1.165) is 59.3 Å². The van der Waals surface area contributed by atoms with Crippen LogP contribution >= 0.6 is 16.1 Å². The number of aromatic nitrogens is 4. The van der Waals surface area contributed by atoms with Crippen molar-refractivity contribution >= 4 is 45.0 Å². The molecule has 10 nitrogen and oxygen atoms in total. The molecule has 1 aliphatic heterocycles. The van der Waals surface area contributed by atoms with Crippen molar-refractivity contribution in [1.82, 2.24) is 23.1 Å². The van der Waals surface area contributed by atoms with Gasteiger partial charge in [-0.15, -0.1) is 0 Å². The van der Waals surface area contributed by atoms with Gasteiger partial charge in [0.25, 0.3) is 11.5 Å². The van der Waals surface area contributed by atoms with Gasteiger partial charge in [-0.3, -0.25) is 14.4 Å². The summed E-state index contributed by atoms with van der Waals surface area (Å²) in [5, 5.41) is 7.41. The molecule has 218 valence electrons. The number of pyridine rings is 1. The summed E-state index contributed by atoms with van der Waals surface area (Å²) in [4.78, 5) is 44.7. The number of fused-ring (bicyclic) bond motifs is 1. The minimum atomic E-state index is -0.445. The first-order chi connectivity index (χ1) is 20.1. The summed E-state index contributed by atoms with van der Waals surface area (Å²) in [5.74, 6) is 0.740. The molecule has 1 saturated heterocycles. The Kier molecular flexibility index (Phi) is 7.38. The van der Waals surface area contributed by atoms with E-state index in [9.17, 15) is 14.4 Å². The van der Waals surface area contributed by atoms with Crippen molar-refractivity contribution in [3.05, 3.63) is 75.6 Å². The number of nitrogens with two attached hydrogens (primary N) is 1. The Morgan fingerprint density at radius 2 is 1.74 bits per heavy atom. The largest absolute Gasteiger partial charge is 0.382 e. The molecule has 3 aromatic heterocycles. The number of hydrogen-bond donors (Lipinski definition) is 2. The molecule has 0 spiro atoms. The lowest BCUT2D eigenvalue weighted by Crippen LogP contribution is -2.40. The van der Waals surface area contributed by atoms with E-state index in [2.05, 4.69) is 37.6 Å². The molecule has 0 bridgehead atoms. The molecular weight excluding hydrogens is 598 g/mol. The average Bonchev–Trinajstić information content (AvgIpc) is 3.75. The van der Waals surface area contributed by atoms with Crippen LogP contribution in [0, 0.1) is 12.8 Å². The van der Waals surface area contributed by atoms with Gasteiger partial charge in [0.1, 0.15) is 17.4 Å². The van der Waals surface area contributed by atoms with Gasteiger partial charge in [-0.1, -0.05) is 26.0 Å². The normalized spacial score (nSPS) is 15.9. The number of benzene rings is 1. The molecule has 4 heterocycles. The Morgan fingerprint density at radius 3 is 2.38 bits per heavy atom. The summed E-state index contributed by atoms with van der Waals surface area (Å²) in [5.41, 5.74) is 12.1. The van der Waals surface area contributed by atoms with Crippen LogP contribution in [0.2, 0.25) is 0 Å². The van der Waals surface area contributed by atoms with E-state index in [1.54, 1.807) is 6.07 Å². The highest BCUT2D eigenvalue weighted by Gasteiger charge is 2.30. The zero-order chi connectivity index (χ0) is 29.7. The Hall–Kier alpha value is -3.99. The van der Waals surface area contributed by atoms with Crippen LogP contribution in [-0.4, -0.2) is 48.0 Å². The second kappa shape index (κ2) is 11.0. The van der Waals surface area contributed by atoms with Crippen LogP contribution in [0.5, 0.6) is 0 Å². The van der Waals surface area contributed by atoms with Gasteiger partial charge in [0, 0.05) is 47.6 Å². The predicted octanol–water partition coefficient (Wildman–Crippen LogP) is 5.10. The number of amides is 2. The molecule has 4 aromatic rings. The van der Waals surface area contributed by atoms with Gasteiger partial charge in [0.05, 0.1) is 16.1 Å². The second-order valence-corrected chi connectivity index (χ2v) is 12.3. The van der Waals surface area contributed by atoms with Crippen LogP contribution in [-0.2, 0) is 4.79 Å². The molecule has 2 fully saturated rings. The van der Waals surface area contributed by atoms with Crippen molar-refractivity contribution < 1.29 is 9.59 Å². The van der Waals surface area contributed by atoms with Gasteiger partial charge in [-0.25, -0.2) is 13.1 Å². The molecule has 3 N–H and O–H groups in total. The summed E-state index contributed by atoms with van der Waals surface area (Å²) in [6, 6.07) is 11.3. The Morgan fingerprint density at radius 1 is 1.05 bits per heavy atom. The topological polar surface area (TPSA) is 128 Å². The number of nitrogen functional groups attached to an aromatic ring is 1. The van der Waals surface area contributed by atoms with Crippen LogP contribution in [0.1, 0.15) is 78.7 Å².